The molecular formula is C13H14FNO3. The van der Waals surface area contributed by atoms with Gasteiger partial charge in [-0.15, -0.1) is 0 Å². The Labute approximate surface area is 104 Å². The Morgan fingerprint density at radius 2 is 2.39 bits per heavy atom. The Morgan fingerprint density at radius 1 is 1.50 bits per heavy atom. The van der Waals surface area contributed by atoms with Crippen LogP contribution in [0.2, 0.25) is 0 Å². The molecule has 0 radical (unpaired) electrons. The summed E-state index contributed by atoms with van der Waals surface area (Å²) in [4.78, 5) is 12.5. The molecule has 2 fully saturated rings. The summed E-state index contributed by atoms with van der Waals surface area (Å²) in [6.07, 6.45) is 1.22. The minimum atomic E-state index is -0.610. The van der Waals surface area contributed by atoms with E-state index in [2.05, 4.69) is 0 Å². The van der Waals surface area contributed by atoms with Gasteiger partial charge >= 0.3 is 0 Å². The first kappa shape index (κ1) is 11.6. The number of hydrogen-bond acceptors (Lipinski definition) is 3. The lowest BCUT2D eigenvalue weighted by molar-refractivity contribution is -0.124. The van der Waals surface area contributed by atoms with Gasteiger partial charge in [-0.1, -0.05) is 12.1 Å². The predicted molar refractivity (Wildman–Crippen MR) is 61.2 cm³/mol. The molecule has 3 rings (SSSR count). The van der Waals surface area contributed by atoms with Crippen molar-refractivity contribution in [2.45, 2.75) is 18.1 Å². The van der Waals surface area contributed by atoms with Crippen LogP contribution >= 0.6 is 0 Å². The Morgan fingerprint density at radius 3 is 3.17 bits per heavy atom. The van der Waals surface area contributed by atoms with E-state index < -0.39 is 5.60 Å². The second kappa shape index (κ2) is 4.33. The zero-order chi connectivity index (χ0) is 12.6. The van der Waals surface area contributed by atoms with Gasteiger partial charge in [-0.2, -0.15) is 0 Å². The number of halogens is 1. The summed E-state index contributed by atoms with van der Waals surface area (Å²) in [7, 11) is 0. The van der Waals surface area contributed by atoms with E-state index in [0.717, 1.165) is 12.0 Å². The van der Waals surface area contributed by atoms with E-state index in [9.17, 15) is 9.18 Å². The molecule has 4 nitrogen and oxygen atoms in total. The zero-order valence-corrected chi connectivity index (χ0v) is 9.84. The molecule has 2 aliphatic heterocycles. The molecule has 2 aliphatic rings. The maximum Gasteiger partial charge on any atom is 0.209 e. The fourth-order valence-corrected chi connectivity index (χ4v) is 2.76. The minimum Gasteiger partial charge on any atom is -0.347 e. The minimum absolute atomic E-state index is 0.188. The number of benzene rings is 1. The summed E-state index contributed by atoms with van der Waals surface area (Å²) in [5.41, 5.74) is 0.178. The molecule has 1 aromatic carbocycles. The molecule has 0 saturated carbocycles. The van der Waals surface area contributed by atoms with Crippen molar-refractivity contribution in [1.82, 2.24) is 4.90 Å². The number of carbonyl (C=O) groups excluding carboxylic acids is 1. The third-order valence-electron chi connectivity index (χ3n) is 3.74. The van der Waals surface area contributed by atoms with Crippen molar-refractivity contribution in [1.29, 1.82) is 0 Å². The quantitative estimate of drug-likeness (QED) is 0.743. The summed E-state index contributed by atoms with van der Waals surface area (Å²) < 4.78 is 24.6. The van der Waals surface area contributed by atoms with Crippen molar-refractivity contribution in [2.75, 3.05) is 19.9 Å². The maximum absolute atomic E-state index is 13.4. The maximum atomic E-state index is 13.4. The molecule has 18 heavy (non-hydrogen) atoms. The molecule has 0 spiro atoms. The molecule has 96 valence electrons. The molecule has 5 heteroatoms. The number of piperidine rings is 1. The lowest BCUT2D eigenvalue weighted by Crippen LogP contribution is -2.51. The van der Waals surface area contributed by atoms with Crippen LogP contribution < -0.4 is 0 Å². The summed E-state index contributed by atoms with van der Waals surface area (Å²) in [6, 6.07) is 6.41. The van der Waals surface area contributed by atoms with Crippen LogP contribution in [0.3, 0.4) is 0 Å². The highest BCUT2D eigenvalue weighted by Gasteiger charge is 2.50. The molecule has 2 atom stereocenters. The van der Waals surface area contributed by atoms with E-state index in [4.69, 9.17) is 9.47 Å². The lowest BCUT2D eigenvalue weighted by atomic mass is 9.82. The Bertz CT molecular complexity index is 467. The van der Waals surface area contributed by atoms with Gasteiger partial charge in [0.25, 0.3) is 0 Å². The van der Waals surface area contributed by atoms with Gasteiger partial charge in [0.15, 0.2) is 0 Å². The first-order valence-corrected chi connectivity index (χ1v) is 5.95. The average molecular weight is 251 g/mol. The van der Waals surface area contributed by atoms with Crippen molar-refractivity contribution < 1.29 is 18.7 Å². The second-order valence-electron chi connectivity index (χ2n) is 4.67. The van der Waals surface area contributed by atoms with Crippen LogP contribution in [0.5, 0.6) is 0 Å². The van der Waals surface area contributed by atoms with Gasteiger partial charge in [-0.25, -0.2) is 4.39 Å². The van der Waals surface area contributed by atoms with E-state index >= 15 is 0 Å². The highest BCUT2D eigenvalue weighted by molar-refractivity contribution is 5.48. The SMILES string of the molecule is O=CN1CC[C@]2(c3cccc(F)c3)OCO[C@@H]2C1. The molecule has 0 unspecified atom stereocenters. The number of likely N-dealkylation sites (tertiary alicyclic amines) is 1. The number of rotatable bonds is 2. The Balaban J connectivity index is 1.95. The van der Waals surface area contributed by atoms with Gasteiger partial charge in [0, 0.05) is 19.5 Å². The van der Waals surface area contributed by atoms with E-state index in [0.29, 0.717) is 19.5 Å². The lowest BCUT2D eigenvalue weighted by Gasteiger charge is -2.40. The molecule has 1 aromatic rings. The molecular weight excluding hydrogens is 237 g/mol. The summed E-state index contributed by atoms with van der Waals surface area (Å²) >= 11 is 0. The van der Waals surface area contributed by atoms with Gasteiger partial charge in [0.1, 0.15) is 24.3 Å². The highest BCUT2D eigenvalue weighted by Crippen LogP contribution is 2.42. The zero-order valence-electron chi connectivity index (χ0n) is 9.84. The highest BCUT2D eigenvalue weighted by atomic mass is 19.1. The van der Waals surface area contributed by atoms with Crippen LogP contribution in [0.25, 0.3) is 0 Å². The van der Waals surface area contributed by atoms with Crippen LogP contribution in [0.1, 0.15) is 12.0 Å². The van der Waals surface area contributed by atoms with Crippen molar-refractivity contribution in [3.63, 3.8) is 0 Å². The standard InChI is InChI=1S/C13H14FNO3/c14-11-3-1-2-10(6-11)13-4-5-15(8-16)7-12(13)17-9-18-13/h1-3,6,8,12H,4-5,7,9H2/t12-,13-/m1/s1. The third-order valence-corrected chi connectivity index (χ3v) is 3.74. The van der Waals surface area contributed by atoms with Crippen molar-refractivity contribution >= 4 is 6.41 Å². The van der Waals surface area contributed by atoms with Crippen LogP contribution in [-0.2, 0) is 19.9 Å². The van der Waals surface area contributed by atoms with E-state index in [1.807, 2.05) is 6.07 Å². The number of fused-ring (bicyclic) bond motifs is 1. The fourth-order valence-electron chi connectivity index (χ4n) is 2.76. The van der Waals surface area contributed by atoms with Gasteiger partial charge in [0.05, 0.1) is 0 Å². The van der Waals surface area contributed by atoms with Crippen LogP contribution in [-0.4, -0.2) is 37.3 Å². The predicted octanol–water partition coefficient (Wildman–Crippen LogP) is 1.26. The molecule has 0 aliphatic carbocycles. The molecule has 2 saturated heterocycles. The second-order valence-corrected chi connectivity index (χ2v) is 4.67. The van der Waals surface area contributed by atoms with E-state index in [1.165, 1.54) is 12.1 Å². The van der Waals surface area contributed by atoms with Crippen molar-refractivity contribution in [2.24, 2.45) is 0 Å². The van der Waals surface area contributed by atoms with E-state index in [1.54, 1.807) is 11.0 Å². The largest absolute Gasteiger partial charge is 0.347 e. The fraction of sp³-hybridized carbons (Fsp3) is 0.462. The monoisotopic (exact) mass is 251 g/mol. The normalized spacial score (nSPS) is 31.2. The van der Waals surface area contributed by atoms with Crippen molar-refractivity contribution in [3.05, 3.63) is 35.6 Å². The Kier molecular flexibility index (Phi) is 2.80. The van der Waals surface area contributed by atoms with Crippen LogP contribution in [0, 0.1) is 5.82 Å². The molecule has 0 N–H and O–H groups in total. The van der Waals surface area contributed by atoms with Gasteiger partial charge in [0.2, 0.25) is 6.41 Å². The average Bonchev–Trinajstić information content (AvgIpc) is 2.82. The third kappa shape index (κ3) is 1.71. The van der Waals surface area contributed by atoms with Gasteiger partial charge in [-0.3, -0.25) is 4.79 Å². The van der Waals surface area contributed by atoms with Crippen LogP contribution in [0.15, 0.2) is 24.3 Å². The van der Waals surface area contributed by atoms with Crippen molar-refractivity contribution in [3.8, 4) is 0 Å². The number of ether oxygens (including phenoxy) is 2. The summed E-state index contributed by atoms with van der Waals surface area (Å²) in [6.45, 7) is 1.27. The van der Waals surface area contributed by atoms with Crippen LogP contribution in [0.4, 0.5) is 4.39 Å². The topological polar surface area (TPSA) is 38.8 Å². The first-order chi connectivity index (χ1) is 8.74. The first-order valence-electron chi connectivity index (χ1n) is 5.95. The number of nitrogens with zero attached hydrogens (tertiary/aromatic N) is 1. The molecule has 0 bridgehead atoms. The number of amides is 1. The molecule has 1 amide bonds. The van der Waals surface area contributed by atoms with Gasteiger partial charge < -0.3 is 14.4 Å². The summed E-state index contributed by atoms with van der Waals surface area (Å²) in [5.74, 6) is -0.283. The smallest absolute Gasteiger partial charge is 0.209 e. The van der Waals surface area contributed by atoms with Gasteiger partial charge in [-0.05, 0) is 17.7 Å². The number of hydrogen-bond donors (Lipinski definition) is 0. The Hall–Kier alpha value is -1.46. The molecule has 2 heterocycles. The number of carbonyl (C=O) groups is 1. The van der Waals surface area contributed by atoms with E-state index in [-0.39, 0.29) is 18.7 Å². The molecule has 0 aromatic heterocycles. The summed E-state index contributed by atoms with van der Waals surface area (Å²) in [5, 5.41) is 0.